The molecule has 2 rings (SSSR count). The third kappa shape index (κ3) is 2.93. The van der Waals surface area contributed by atoms with Gasteiger partial charge in [-0.15, -0.1) is 0 Å². The highest BCUT2D eigenvalue weighted by Gasteiger charge is 2.07. The number of aromatic nitrogens is 2. The van der Waals surface area contributed by atoms with E-state index in [1.807, 2.05) is 32.0 Å². The number of aryl methyl sites for hydroxylation is 2. The van der Waals surface area contributed by atoms with Gasteiger partial charge in [0.25, 0.3) is 0 Å². The van der Waals surface area contributed by atoms with Crippen LogP contribution in [0.2, 0.25) is 0 Å². The van der Waals surface area contributed by atoms with Crippen molar-refractivity contribution in [3.63, 3.8) is 0 Å². The van der Waals surface area contributed by atoms with Crippen LogP contribution in [0.5, 0.6) is 0 Å². The van der Waals surface area contributed by atoms with Crippen LogP contribution in [0.1, 0.15) is 16.7 Å². The van der Waals surface area contributed by atoms with Crippen LogP contribution < -0.4 is 5.32 Å². The molecule has 2 aromatic rings. The van der Waals surface area contributed by atoms with Gasteiger partial charge in [-0.2, -0.15) is 5.10 Å². The number of amides is 1. The van der Waals surface area contributed by atoms with E-state index in [1.165, 1.54) is 5.56 Å². The van der Waals surface area contributed by atoms with Gasteiger partial charge in [0.15, 0.2) is 0 Å². The SMILES string of the molecule is Cc1ccc(C)c(CC(=O)Nc2ccn[nH]2)c1. The summed E-state index contributed by atoms with van der Waals surface area (Å²) in [5.74, 6) is 0.586. The van der Waals surface area contributed by atoms with E-state index in [1.54, 1.807) is 12.3 Å². The van der Waals surface area contributed by atoms with E-state index < -0.39 is 0 Å². The molecule has 1 aromatic heterocycles. The molecule has 17 heavy (non-hydrogen) atoms. The summed E-state index contributed by atoms with van der Waals surface area (Å²) in [7, 11) is 0. The largest absolute Gasteiger partial charge is 0.311 e. The van der Waals surface area contributed by atoms with Crippen molar-refractivity contribution in [1.82, 2.24) is 10.2 Å². The zero-order valence-corrected chi connectivity index (χ0v) is 9.95. The Labute approximate surface area is 100 Å². The summed E-state index contributed by atoms with van der Waals surface area (Å²) in [6.45, 7) is 4.04. The van der Waals surface area contributed by atoms with Crippen LogP contribution in [-0.2, 0) is 11.2 Å². The Morgan fingerprint density at radius 2 is 2.18 bits per heavy atom. The van der Waals surface area contributed by atoms with Crippen LogP contribution in [0.3, 0.4) is 0 Å². The normalized spacial score (nSPS) is 10.2. The molecule has 0 bridgehead atoms. The smallest absolute Gasteiger partial charge is 0.229 e. The van der Waals surface area contributed by atoms with Gasteiger partial charge in [0.2, 0.25) is 5.91 Å². The summed E-state index contributed by atoms with van der Waals surface area (Å²) in [4.78, 5) is 11.8. The fourth-order valence-electron chi connectivity index (χ4n) is 1.68. The predicted molar refractivity (Wildman–Crippen MR) is 66.8 cm³/mol. The number of H-pyrrole nitrogens is 1. The Morgan fingerprint density at radius 3 is 2.88 bits per heavy atom. The van der Waals surface area contributed by atoms with Crippen LogP contribution >= 0.6 is 0 Å². The minimum atomic E-state index is -0.0389. The summed E-state index contributed by atoms with van der Waals surface area (Å²) in [6.07, 6.45) is 1.99. The molecule has 1 aromatic carbocycles. The second kappa shape index (κ2) is 4.82. The number of carbonyl (C=O) groups is 1. The van der Waals surface area contributed by atoms with E-state index >= 15 is 0 Å². The van der Waals surface area contributed by atoms with Crippen LogP contribution in [0.4, 0.5) is 5.82 Å². The van der Waals surface area contributed by atoms with Crippen molar-refractivity contribution in [3.05, 3.63) is 47.2 Å². The zero-order valence-electron chi connectivity index (χ0n) is 9.95. The monoisotopic (exact) mass is 229 g/mol. The highest BCUT2D eigenvalue weighted by atomic mass is 16.1. The number of aromatic amines is 1. The minimum Gasteiger partial charge on any atom is -0.311 e. The average molecular weight is 229 g/mol. The maximum Gasteiger partial charge on any atom is 0.229 e. The first-order valence-corrected chi connectivity index (χ1v) is 5.50. The molecule has 0 saturated heterocycles. The number of benzene rings is 1. The molecular weight excluding hydrogens is 214 g/mol. The Bertz CT molecular complexity index is 517. The van der Waals surface area contributed by atoms with Crippen molar-refractivity contribution in [2.24, 2.45) is 0 Å². The lowest BCUT2D eigenvalue weighted by atomic mass is 10.0. The number of rotatable bonds is 3. The molecule has 2 N–H and O–H groups in total. The molecule has 0 aliphatic carbocycles. The van der Waals surface area contributed by atoms with Crippen molar-refractivity contribution in [2.45, 2.75) is 20.3 Å². The lowest BCUT2D eigenvalue weighted by Gasteiger charge is -2.07. The molecule has 1 amide bonds. The van der Waals surface area contributed by atoms with Crippen LogP contribution in [0.15, 0.2) is 30.5 Å². The van der Waals surface area contributed by atoms with E-state index in [4.69, 9.17) is 0 Å². The van der Waals surface area contributed by atoms with Gasteiger partial charge in [0, 0.05) is 6.07 Å². The topological polar surface area (TPSA) is 57.8 Å². The van der Waals surface area contributed by atoms with Gasteiger partial charge >= 0.3 is 0 Å². The molecule has 0 fully saturated rings. The molecule has 1 heterocycles. The van der Waals surface area contributed by atoms with Gasteiger partial charge in [-0.05, 0) is 25.0 Å². The third-order valence-corrected chi connectivity index (χ3v) is 2.63. The summed E-state index contributed by atoms with van der Waals surface area (Å²) in [6, 6.07) is 7.85. The number of hydrogen-bond acceptors (Lipinski definition) is 2. The Morgan fingerprint density at radius 1 is 1.35 bits per heavy atom. The van der Waals surface area contributed by atoms with Crippen molar-refractivity contribution in [2.75, 3.05) is 5.32 Å². The summed E-state index contributed by atoms with van der Waals surface area (Å²) >= 11 is 0. The number of carbonyl (C=O) groups excluding carboxylic acids is 1. The van der Waals surface area contributed by atoms with E-state index in [-0.39, 0.29) is 5.91 Å². The number of nitrogens with zero attached hydrogens (tertiary/aromatic N) is 1. The van der Waals surface area contributed by atoms with Crippen molar-refractivity contribution >= 4 is 11.7 Å². The van der Waals surface area contributed by atoms with Crippen molar-refractivity contribution in [1.29, 1.82) is 0 Å². The van der Waals surface area contributed by atoms with Crippen molar-refractivity contribution < 1.29 is 4.79 Å². The van der Waals surface area contributed by atoms with E-state index in [9.17, 15) is 4.79 Å². The third-order valence-electron chi connectivity index (χ3n) is 2.63. The van der Waals surface area contributed by atoms with Crippen LogP contribution in [0, 0.1) is 13.8 Å². The maximum absolute atomic E-state index is 11.8. The molecule has 0 radical (unpaired) electrons. The molecule has 0 aliphatic heterocycles. The Hall–Kier alpha value is -2.10. The van der Waals surface area contributed by atoms with Gasteiger partial charge in [-0.25, -0.2) is 0 Å². The first-order valence-electron chi connectivity index (χ1n) is 5.50. The van der Waals surface area contributed by atoms with Crippen LogP contribution in [-0.4, -0.2) is 16.1 Å². The Balaban J connectivity index is 2.05. The first kappa shape index (κ1) is 11.4. The molecule has 0 aliphatic rings. The molecule has 4 nitrogen and oxygen atoms in total. The molecule has 0 spiro atoms. The zero-order chi connectivity index (χ0) is 12.3. The fourth-order valence-corrected chi connectivity index (χ4v) is 1.68. The van der Waals surface area contributed by atoms with E-state index in [2.05, 4.69) is 15.5 Å². The van der Waals surface area contributed by atoms with Crippen molar-refractivity contribution in [3.8, 4) is 0 Å². The lowest BCUT2D eigenvalue weighted by molar-refractivity contribution is -0.115. The van der Waals surface area contributed by atoms with E-state index in [0.29, 0.717) is 12.2 Å². The van der Waals surface area contributed by atoms with Crippen LogP contribution in [0.25, 0.3) is 0 Å². The molecule has 0 atom stereocenters. The molecule has 4 heteroatoms. The Kier molecular flexibility index (Phi) is 3.23. The first-order chi connectivity index (χ1) is 8.15. The second-order valence-corrected chi connectivity index (χ2v) is 4.13. The minimum absolute atomic E-state index is 0.0389. The summed E-state index contributed by atoms with van der Waals surface area (Å²) < 4.78 is 0. The fraction of sp³-hybridized carbons (Fsp3) is 0.231. The maximum atomic E-state index is 11.8. The quantitative estimate of drug-likeness (QED) is 0.847. The summed E-state index contributed by atoms with van der Waals surface area (Å²) in [5.41, 5.74) is 3.36. The van der Waals surface area contributed by atoms with Gasteiger partial charge in [-0.3, -0.25) is 9.89 Å². The number of anilines is 1. The van der Waals surface area contributed by atoms with Gasteiger partial charge < -0.3 is 5.32 Å². The lowest BCUT2D eigenvalue weighted by Crippen LogP contribution is -2.15. The highest BCUT2D eigenvalue weighted by molar-refractivity contribution is 5.91. The molecule has 0 saturated carbocycles. The van der Waals surface area contributed by atoms with Gasteiger partial charge in [-0.1, -0.05) is 23.8 Å². The van der Waals surface area contributed by atoms with E-state index in [0.717, 1.165) is 11.1 Å². The standard InChI is InChI=1S/C13H15N3O/c1-9-3-4-10(2)11(7-9)8-13(17)15-12-5-6-14-16-12/h3-7H,8H2,1-2H3,(H2,14,15,16,17). The number of nitrogens with one attached hydrogen (secondary N) is 2. The predicted octanol–water partition coefficient (Wildman–Crippen LogP) is 2.21. The highest BCUT2D eigenvalue weighted by Crippen LogP contribution is 2.12. The number of hydrogen-bond donors (Lipinski definition) is 2. The average Bonchev–Trinajstić information content (AvgIpc) is 2.76. The molecular formula is C13H15N3O. The second-order valence-electron chi connectivity index (χ2n) is 4.13. The van der Waals surface area contributed by atoms with Gasteiger partial charge in [0.05, 0.1) is 12.6 Å². The summed E-state index contributed by atoms with van der Waals surface area (Å²) in [5, 5.41) is 9.23. The van der Waals surface area contributed by atoms with Gasteiger partial charge in [0.1, 0.15) is 5.82 Å². The molecule has 88 valence electrons. The molecule has 0 unspecified atom stereocenters.